The van der Waals surface area contributed by atoms with Crippen LogP contribution in [0.4, 0.5) is 28.4 Å². The van der Waals surface area contributed by atoms with Crippen LogP contribution in [-0.2, 0) is 59.0 Å². The van der Waals surface area contributed by atoms with E-state index in [9.17, 15) is 51.7 Å². The summed E-state index contributed by atoms with van der Waals surface area (Å²) in [6, 6.07) is 10.4. The highest BCUT2D eigenvalue weighted by Gasteiger charge is 2.27. The van der Waals surface area contributed by atoms with Crippen molar-refractivity contribution in [2.24, 2.45) is 20.5 Å². The van der Waals surface area contributed by atoms with Gasteiger partial charge in [0, 0.05) is 30.0 Å². The van der Waals surface area contributed by atoms with Crippen LogP contribution in [0.5, 0.6) is 17.2 Å². The number of aromatic hydroxyl groups is 1. The number of fused-ring (bicyclic) bond motifs is 1. The Kier molecular flexibility index (Phi) is 13.6. The molecule has 5 N–H and O–H groups in total. The van der Waals surface area contributed by atoms with Gasteiger partial charge in [-0.05, 0) is 42.5 Å². The Bertz CT molecular complexity index is 2810. The standard InChI is InChI=1S/C29H31N5O18S5/c1-30-21-9-8-19-20(27(21)33-31-17-4-6-18(7-5-17)53(36,37)12-10-51-56(43,44)45)14-26(55(40,41)42)28(29(19)35)34-32-22-15-24(50-3)25(16-23(22)49-2)54(38,39)13-11-52-57(46,47)48/h4-9,14-16,30,35H,10-13H2,1-3H3,(H,40,41,42)(H,43,44,45)(H,46,47,48). The molecule has 0 aliphatic heterocycles. The van der Waals surface area contributed by atoms with Gasteiger partial charge in [0.15, 0.2) is 25.4 Å². The zero-order chi connectivity index (χ0) is 42.6. The third-order valence-corrected chi connectivity index (χ3v) is 12.6. The minimum absolute atomic E-state index is 0.0667. The quantitative estimate of drug-likeness (QED) is 0.0699. The van der Waals surface area contributed by atoms with E-state index in [1.165, 1.54) is 31.3 Å². The molecule has 0 saturated carbocycles. The van der Waals surface area contributed by atoms with Gasteiger partial charge in [0.1, 0.15) is 38.4 Å². The molecule has 0 bridgehead atoms. The van der Waals surface area contributed by atoms with Crippen LogP contribution in [0, 0.1) is 0 Å². The monoisotopic (exact) mass is 897 g/mol. The first kappa shape index (κ1) is 44.8. The Morgan fingerprint density at radius 1 is 0.614 bits per heavy atom. The maximum atomic E-state index is 12.9. The van der Waals surface area contributed by atoms with Crippen molar-refractivity contribution in [3.05, 3.63) is 54.6 Å². The number of phenolic OH excluding ortho intramolecular Hbond substituents is 1. The van der Waals surface area contributed by atoms with Crippen molar-refractivity contribution in [2.75, 3.05) is 51.3 Å². The van der Waals surface area contributed by atoms with Crippen molar-refractivity contribution >= 4 is 89.8 Å². The lowest BCUT2D eigenvalue weighted by atomic mass is 10.1. The van der Waals surface area contributed by atoms with Gasteiger partial charge in [0.25, 0.3) is 10.1 Å². The van der Waals surface area contributed by atoms with Gasteiger partial charge in [-0.1, -0.05) is 0 Å². The van der Waals surface area contributed by atoms with E-state index in [2.05, 4.69) is 34.1 Å². The largest absolute Gasteiger partial charge is 0.505 e. The second-order valence-electron chi connectivity index (χ2n) is 11.1. The zero-order valence-corrected chi connectivity index (χ0v) is 33.4. The molecule has 310 valence electrons. The van der Waals surface area contributed by atoms with Gasteiger partial charge in [-0.15, -0.1) is 15.3 Å². The Balaban J connectivity index is 1.77. The van der Waals surface area contributed by atoms with Gasteiger partial charge in [-0.25, -0.2) is 25.2 Å². The fourth-order valence-electron chi connectivity index (χ4n) is 4.84. The number of sulfone groups is 2. The topological polar surface area (TPSA) is 350 Å². The lowest BCUT2D eigenvalue weighted by molar-refractivity contribution is 0.282. The summed E-state index contributed by atoms with van der Waals surface area (Å²) in [6.45, 7) is -1.79. The molecule has 0 heterocycles. The molecule has 0 saturated heterocycles. The number of rotatable bonds is 18. The van der Waals surface area contributed by atoms with Crippen LogP contribution in [0.3, 0.4) is 0 Å². The maximum Gasteiger partial charge on any atom is 0.397 e. The molecule has 0 spiro atoms. The van der Waals surface area contributed by atoms with Crippen LogP contribution in [0.1, 0.15) is 0 Å². The number of methoxy groups -OCH3 is 2. The summed E-state index contributed by atoms with van der Waals surface area (Å²) >= 11 is 0. The molecule has 0 aliphatic carbocycles. The van der Waals surface area contributed by atoms with Crippen LogP contribution >= 0.6 is 0 Å². The fraction of sp³-hybridized carbons (Fsp3) is 0.241. The number of hydrogen-bond donors (Lipinski definition) is 5. The molecule has 28 heteroatoms. The molecule has 4 aromatic rings. The Labute approximate surface area is 325 Å². The molecule has 0 unspecified atom stereocenters. The molecule has 57 heavy (non-hydrogen) atoms. The van der Waals surface area contributed by atoms with E-state index in [1.807, 2.05) is 0 Å². The summed E-state index contributed by atoms with van der Waals surface area (Å²) in [4.78, 5) is -1.72. The molecule has 23 nitrogen and oxygen atoms in total. The van der Waals surface area contributed by atoms with E-state index in [4.69, 9.17) is 18.6 Å². The van der Waals surface area contributed by atoms with E-state index >= 15 is 0 Å². The van der Waals surface area contributed by atoms with Gasteiger partial charge in [-0.2, -0.15) is 30.4 Å². The third kappa shape index (κ3) is 11.4. The summed E-state index contributed by atoms with van der Waals surface area (Å²) < 4.78 is 166. The number of azo groups is 2. The van der Waals surface area contributed by atoms with Gasteiger partial charge in [0.2, 0.25) is 0 Å². The molecule has 0 atom stereocenters. The van der Waals surface area contributed by atoms with Crippen LogP contribution in [0.2, 0.25) is 0 Å². The van der Waals surface area contributed by atoms with E-state index in [0.29, 0.717) is 0 Å². The van der Waals surface area contributed by atoms with E-state index < -0.39 is 96.5 Å². The van der Waals surface area contributed by atoms with Crippen LogP contribution in [0.25, 0.3) is 10.8 Å². The Morgan fingerprint density at radius 3 is 1.70 bits per heavy atom. The predicted octanol–water partition coefficient (Wildman–Crippen LogP) is 3.87. The van der Waals surface area contributed by atoms with E-state index in [0.717, 1.165) is 44.6 Å². The molecule has 0 amide bonds. The molecule has 0 aromatic heterocycles. The normalized spacial score (nSPS) is 13.1. The lowest BCUT2D eigenvalue weighted by Crippen LogP contribution is -2.16. The highest BCUT2D eigenvalue weighted by Crippen LogP contribution is 2.47. The molecular weight excluding hydrogens is 867 g/mol. The number of ether oxygens (including phenoxy) is 2. The SMILES string of the molecule is CNc1ccc2c(O)c(N=Nc3cc(OC)c(S(=O)(=O)CCOS(=O)(=O)O)cc3OC)c(S(=O)(=O)O)cc2c1N=Nc1ccc(S(=O)(=O)CCOS(=O)(=O)O)cc1. The summed E-state index contributed by atoms with van der Waals surface area (Å²) in [5.74, 6) is -3.16. The Hall–Kier alpha value is -4.91. The number of benzene rings is 4. The average molecular weight is 898 g/mol. The van der Waals surface area contributed by atoms with Gasteiger partial charge in [-0.3, -0.25) is 13.7 Å². The van der Waals surface area contributed by atoms with Crippen LogP contribution in [-0.4, -0.2) is 107 Å². The second kappa shape index (κ2) is 17.3. The molecule has 0 aliphatic rings. The van der Waals surface area contributed by atoms with Crippen molar-refractivity contribution in [2.45, 2.75) is 14.7 Å². The number of anilines is 1. The molecule has 4 aromatic carbocycles. The predicted molar refractivity (Wildman–Crippen MR) is 198 cm³/mol. The first-order valence-corrected chi connectivity index (χ1v) is 22.7. The van der Waals surface area contributed by atoms with Crippen molar-refractivity contribution in [3.63, 3.8) is 0 Å². The van der Waals surface area contributed by atoms with Gasteiger partial charge in [0.05, 0.1) is 55.2 Å². The van der Waals surface area contributed by atoms with E-state index in [1.54, 1.807) is 0 Å². The minimum Gasteiger partial charge on any atom is -0.505 e. The summed E-state index contributed by atoms with van der Waals surface area (Å²) in [7, 11) is -19.7. The number of nitrogens with one attached hydrogen (secondary N) is 1. The first-order valence-electron chi connectivity index (χ1n) is 15.3. The second-order valence-corrected chi connectivity index (χ2v) is 18.8. The summed E-state index contributed by atoms with van der Waals surface area (Å²) in [5, 5.41) is 30.0. The van der Waals surface area contributed by atoms with E-state index in [-0.39, 0.29) is 49.9 Å². The molecule has 0 radical (unpaired) electrons. The van der Waals surface area contributed by atoms with Crippen LogP contribution in [0.15, 0.2) is 89.7 Å². The van der Waals surface area contributed by atoms with Crippen LogP contribution < -0.4 is 14.8 Å². The van der Waals surface area contributed by atoms with Crippen molar-refractivity contribution in [1.82, 2.24) is 0 Å². The Morgan fingerprint density at radius 2 is 1.18 bits per heavy atom. The number of nitrogens with zero attached hydrogens (tertiary/aromatic N) is 4. The fourth-order valence-corrected chi connectivity index (χ4v) is 8.63. The highest BCUT2D eigenvalue weighted by molar-refractivity contribution is 7.91. The zero-order valence-electron chi connectivity index (χ0n) is 29.4. The van der Waals surface area contributed by atoms with Crippen molar-refractivity contribution in [3.8, 4) is 17.2 Å². The third-order valence-electron chi connectivity index (χ3n) is 7.44. The van der Waals surface area contributed by atoms with Crippen molar-refractivity contribution < 1.29 is 78.7 Å². The number of hydrogen-bond acceptors (Lipinski definition) is 20. The smallest absolute Gasteiger partial charge is 0.397 e. The molecule has 4 rings (SSSR count). The molecular formula is C29H31N5O18S5. The highest BCUT2D eigenvalue weighted by atomic mass is 32.3. The summed E-state index contributed by atoms with van der Waals surface area (Å²) in [5.41, 5.74) is -0.780. The molecule has 0 fully saturated rings. The van der Waals surface area contributed by atoms with Crippen molar-refractivity contribution in [1.29, 1.82) is 0 Å². The maximum absolute atomic E-state index is 12.9. The lowest BCUT2D eigenvalue weighted by Gasteiger charge is -2.14. The van der Waals surface area contributed by atoms with Gasteiger partial charge < -0.3 is 19.9 Å². The average Bonchev–Trinajstić information content (AvgIpc) is 3.11. The van der Waals surface area contributed by atoms with Gasteiger partial charge >= 0.3 is 20.8 Å². The minimum atomic E-state index is -5.19. The summed E-state index contributed by atoms with van der Waals surface area (Å²) in [6.07, 6.45) is 0. The number of phenols is 1. The first-order chi connectivity index (χ1) is 26.4.